The Morgan fingerprint density at radius 1 is 1.21 bits per heavy atom. The van der Waals surface area contributed by atoms with Gasteiger partial charge in [-0.2, -0.15) is 0 Å². The number of hydrogen-bond acceptors (Lipinski definition) is 2. The first-order valence-electron chi connectivity index (χ1n) is 5.91. The van der Waals surface area contributed by atoms with E-state index in [1.165, 1.54) is 10.5 Å². The Morgan fingerprint density at radius 2 is 1.89 bits per heavy atom. The highest BCUT2D eigenvalue weighted by Gasteiger charge is 2.07. The van der Waals surface area contributed by atoms with Crippen molar-refractivity contribution in [1.29, 1.82) is 0 Å². The van der Waals surface area contributed by atoms with Gasteiger partial charge in [0.15, 0.2) is 0 Å². The second kappa shape index (κ2) is 6.80. The maximum Gasteiger partial charge on any atom is 0.0772 e. The second-order valence-corrected chi connectivity index (χ2v) is 6.61. The first-order chi connectivity index (χ1) is 9.06. The molecule has 2 aromatic carbocycles. The van der Waals surface area contributed by atoms with E-state index in [1.54, 1.807) is 18.7 Å². The van der Waals surface area contributed by atoms with E-state index in [-0.39, 0.29) is 0 Å². The minimum atomic E-state index is -0.454. The van der Waals surface area contributed by atoms with E-state index < -0.39 is 6.10 Å². The van der Waals surface area contributed by atoms with Crippen molar-refractivity contribution in [2.24, 2.45) is 0 Å². The molecule has 1 N–H and O–H groups in total. The van der Waals surface area contributed by atoms with Crippen LogP contribution in [-0.4, -0.2) is 5.11 Å². The normalized spacial score (nSPS) is 12.4. The van der Waals surface area contributed by atoms with Gasteiger partial charge in [0.2, 0.25) is 0 Å². The smallest absolute Gasteiger partial charge is 0.0772 e. The van der Waals surface area contributed by atoms with E-state index in [9.17, 15) is 5.11 Å². The molecule has 0 bridgehead atoms. The number of halogens is 2. The summed E-state index contributed by atoms with van der Waals surface area (Å²) in [5, 5.41) is 10.3. The van der Waals surface area contributed by atoms with Gasteiger partial charge in [-0.05, 0) is 42.3 Å². The number of aliphatic hydroxyl groups excluding tert-OH is 1. The third-order valence-electron chi connectivity index (χ3n) is 2.74. The minimum absolute atomic E-state index is 0.454. The molecule has 1 atom stereocenters. The summed E-state index contributed by atoms with van der Waals surface area (Å²) >= 11 is 11.1. The van der Waals surface area contributed by atoms with Gasteiger partial charge in [-0.15, -0.1) is 11.8 Å². The topological polar surface area (TPSA) is 20.2 Å². The SMILES string of the molecule is CC(O)c1ccc(SCc2ccc(Cl)cc2)cc1Br. The summed E-state index contributed by atoms with van der Waals surface area (Å²) < 4.78 is 0.948. The van der Waals surface area contributed by atoms with Crippen molar-refractivity contribution in [2.45, 2.75) is 23.7 Å². The van der Waals surface area contributed by atoms with Gasteiger partial charge in [-0.3, -0.25) is 0 Å². The van der Waals surface area contributed by atoms with Gasteiger partial charge < -0.3 is 5.11 Å². The molecule has 0 aliphatic heterocycles. The standard InChI is InChI=1S/C15H14BrClOS/c1-10(18)14-7-6-13(8-15(14)16)19-9-11-2-4-12(17)5-3-11/h2-8,10,18H,9H2,1H3. The van der Waals surface area contributed by atoms with Gasteiger partial charge in [0.25, 0.3) is 0 Å². The molecular weight excluding hydrogens is 344 g/mol. The van der Waals surface area contributed by atoms with E-state index in [1.807, 2.05) is 42.5 Å². The number of aliphatic hydroxyl groups is 1. The van der Waals surface area contributed by atoms with Gasteiger partial charge in [-0.25, -0.2) is 0 Å². The lowest BCUT2D eigenvalue weighted by Gasteiger charge is -2.09. The molecular formula is C15H14BrClOS. The van der Waals surface area contributed by atoms with E-state index in [0.29, 0.717) is 0 Å². The Kier molecular flexibility index (Phi) is 5.34. The summed E-state index contributed by atoms with van der Waals surface area (Å²) in [6, 6.07) is 13.9. The van der Waals surface area contributed by atoms with Crippen LogP contribution in [0.15, 0.2) is 51.8 Å². The number of thioether (sulfide) groups is 1. The maximum atomic E-state index is 9.58. The van der Waals surface area contributed by atoms with Crippen LogP contribution < -0.4 is 0 Å². The lowest BCUT2D eigenvalue weighted by molar-refractivity contribution is 0.198. The molecule has 0 saturated carbocycles. The van der Waals surface area contributed by atoms with Crippen LogP contribution >= 0.6 is 39.3 Å². The molecule has 0 aliphatic carbocycles. The van der Waals surface area contributed by atoms with Crippen molar-refractivity contribution in [3.63, 3.8) is 0 Å². The van der Waals surface area contributed by atoms with Gasteiger partial charge >= 0.3 is 0 Å². The molecule has 2 aromatic rings. The van der Waals surface area contributed by atoms with Crippen molar-refractivity contribution in [3.05, 3.63) is 63.1 Å². The molecule has 4 heteroatoms. The number of rotatable bonds is 4. The summed E-state index contributed by atoms with van der Waals surface area (Å²) in [6.45, 7) is 1.76. The number of hydrogen-bond donors (Lipinski definition) is 1. The molecule has 0 saturated heterocycles. The fourth-order valence-electron chi connectivity index (χ4n) is 1.68. The quantitative estimate of drug-likeness (QED) is 0.734. The van der Waals surface area contributed by atoms with Crippen LogP contribution in [0.2, 0.25) is 5.02 Å². The van der Waals surface area contributed by atoms with Crippen molar-refractivity contribution in [3.8, 4) is 0 Å². The minimum Gasteiger partial charge on any atom is -0.389 e. The van der Waals surface area contributed by atoms with Gasteiger partial charge in [0, 0.05) is 20.1 Å². The zero-order chi connectivity index (χ0) is 13.8. The lowest BCUT2D eigenvalue weighted by atomic mass is 10.1. The van der Waals surface area contributed by atoms with Gasteiger partial charge in [0.1, 0.15) is 0 Å². The van der Waals surface area contributed by atoms with E-state index in [4.69, 9.17) is 11.6 Å². The summed E-state index contributed by atoms with van der Waals surface area (Å²) in [7, 11) is 0. The third kappa shape index (κ3) is 4.25. The van der Waals surface area contributed by atoms with Crippen molar-refractivity contribution >= 4 is 39.3 Å². The molecule has 1 nitrogen and oxygen atoms in total. The molecule has 2 rings (SSSR count). The second-order valence-electron chi connectivity index (χ2n) is 4.27. The van der Waals surface area contributed by atoms with Crippen molar-refractivity contribution < 1.29 is 5.11 Å². The predicted octanol–water partition coefficient (Wildman–Crippen LogP) is 5.45. The monoisotopic (exact) mass is 356 g/mol. The molecule has 100 valence electrons. The summed E-state index contributed by atoms with van der Waals surface area (Å²) in [5.74, 6) is 0.900. The fraction of sp³-hybridized carbons (Fsp3) is 0.200. The van der Waals surface area contributed by atoms with Gasteiger partial charge in [0.05, 0.1) is 6.10 Å². The average molecular weight is 358 g/mol. The van der Waals surface area contributed by atoms with Crippen LogP contribution in [0.4, 0.5) is 0 Å². The third-order valence-corrected chi connectivity index (χ3v) is 4.74. The number of benzene rings is 2. The van der Waals surface area contributed by atoms with Crippen LogP contribution in [-0.2, 0) is 5.75 Å². The van der Waals surface area contributed by atoms with E-state index in [2.05, 4.69) is 15.9 Å². The summed E-state index contributed by atoms with van der Waals surface area (Å²) in [4.78, 5) is 1.17. The van der Waals surface area contributed by atoms with Crippen molar-refractivity contribution in [2.75, 3.05) is 0 Å². The first-order valence-corrected chi connectivity index (χ1v) is 8.06. The zero-order valence-electron chi connectivity index (χ0n) is 10.4. The Morgan fingerprint density at radius 3 is 2.47 bits per heavy atom. The van der Waals surface area contributed by atoms with Crippen LogP contribution in [0.5, 0.6) is 0 Å². The highest BCUT2D eigenvalue weighted by atomic mass is 79.9. The van der Waals surface area contributed by atoms with Crippen LogP contribution in [0, 0.1) is 0 Å². The molecule has 0 fully saturated rings. The van der Waals surface area contributed by atoms with Crippen LogP contribution in [0.1, 0.15) is 24.2 Å². The molecule has 0 aliphatic rings. The molecule has 0 heterocycles. The fourth-order valence-corrected chi connectivity index (χ4v) is 3.56. The van der Waals surface area contributed by atoms with Crippen LogP contribution in [0.3, 0.4) is 0 Å². The largest absolute Gasteiger partial charge is 0.389 e. The van der Waals surface area contributed by atoms with Crippen LogP contribution in [0.25, 0.3) is 0 Å². The van der Waals surface area contributed by atoms with Gasteiger partial charge in [-0.1, -0.05) is 45.7 Å². The van der Waals surface area contributed by atoms with E-state index >= 15 is 0 Å². The summed E-state index contributed by atoms with van der Waals surface area (Å²) in [5.41, 5.74) is 2.15. The first kappa shape index (κ1) is 14.9. The maximum absolute atomic E-state index is 9.58. The molecule has 0 radical (unpaired) electrons. The molecule has 0 spiro atoms. The Labute approximate surface area is 131 Å². The Hall–Kier alpha value is -0.480. The average Bonchev–Trinajstić information content (AvgIpc) is 2.37. The van der Waals surface area contributed by atoms with Crippen molar-refractivity contribution in [1.82, 2.24) is 0 Å². The zero-order valence-corrected chi connectivity index (χ0v) is 13.6. The highest BCUT2D eigenvalue weighted by Crippen LogP contribution is 2.30. The Bertz CT molecular complexity index is 555. The predicted molar refractivity (Wildman–Crippen MR) is 85.8 cm³/mol. The molecule has 0 aromatic heterocycles. The lowest BCUT2D eigenvalue weighted by Crippen LogP contribution is -1.92. The molecule has 0 amide bonds. The highest BCUT2D eigenvalue weighted by molar-refractivity contribution is 9.10. The Balaban J connectivity index is 2.04. The molecule has 19 heavy (non-hydrogen) atoms. The summed E-state index contributed by atoms with van der Waals surface area (Å²) in [6.07, 6.45) is -0.454. The molecule has 1 unspecified atom stereocenters. The van der Waals surface area contributed by atoms with E-state index in [0.717, 1.165) is 20.8 Å².